The molecule has 0 aliphatic carbocycles. The fourth-order valence-electron chi connectivity index (χ4n) is 5.09. The van der Waals surface area contributed by atoms with Gasteiger partial charge in [0.05, 0.1) is 24.4 Å². The number of halogens is 4. The molecule has 4 rings (SSSR count). The molecular formula is C25H28F4N6O3. The van der Waals surface area contributed by atoms with Crippen molar-refractivity contribution in [3.8, 4) is 0 Å². The van der Waals surface area contributed by atoms with Crippen molar-refractivity contribution >= 4 is 40.1 Å². The zero-order valence-electron chi connectivity index (χ0n) is 20.9. The van der Waals surface area contributed by atoms with E-state index in [0.717, 1.165) is 0 Å². The molecule has 2 aromatic rings. The average Bonchev–Trinajstić information content (AvgIpc) is 2.86. The van der Waals surface area contributed by atoms with E-state index in [1.807, 2.05) is 11.8 Å². The Labute approximate surface area is 216 Å². The third-order valence-electron chi connectivity index (χ3n) is 6.95. The fourth-order valence-corrected chi connectivity index (χ4v) is 5.09. The predicted octanol–water partition coefficient (Wildman–Crippen LogP) is 3.67. The van der Waals surface area contributed by atoms with E-state index >= 15 is 0 Å². The quantitative estimate of drug-likeness (QED) is 0.267. The van der Waals surface area contributed by atoms with Gasteiger partial charge in [-0.15, -0.1) is 0 Å². The third-order valence-corrected chi connectivity index (χ3v) is 6.95. The Morgan fingerprint density at radius 2 is 1.95 bits per heavy atom. The minimum Gasteiger partial charge on any atom is -0.462 e. The van der Waals surface area contributed by atoms with Gasteiger partial charge in [0, 0.05) is 43.7 Å². The maximum Gasteiger partial charge on any atom is 0.449 e. The van der Waals surface area contributed by atoms with Crippen LogP contribution in [0.2, 0.25) is 0 Å². The summed E-state index contributed by atoms with van der Waals surface area (Å²) < 4.78 is 58.1. The van der Waals surface area contributed by atoms with Gasteiger partial charge < -0.3 is 19.4 Å². The second-order valence-corrected chi connectivity index (χ2v) is 9.43. The Morgan fingerprint density at radius 3 is 2.58 bits per heavy atom. The molecule has 2 fully saturated rings. The number of hydrogen-bond acceptors (Lipinski definition) is 7. The van der Waals surface area contributed by atoms with Crippen molar-refractivity contribution in [3.63, 3.8) is 0 Å². The molecule has 13 heteroatoms. The predicted molar refractivity (Wildman–Crippen MR) is 132 cm³/mol. The van der Waals surface area contributed by atoms with Gasteiger partial charge in [0.2, 0.25) is 11.7 Å². The molecule has 2 aliphatic rings. The van der Waals surface area contributed by atoms with Gasteiger partial charge in [-0.3, -0.25) is 20.6 Å². The molecular weight excluding hydrogens is 508 g/mol. The molecule has 3 heterocycles. The molecule has 1 aromatic carbocycles. The number of ether oxygens (including phenoxy) is 1. The maximum absolute atomic E-state index is 14.2. The number of pyridine rings is 1. The number of piperazine rings is 1. The monoisotopic (exact) mass is 536 g/mol. The molecule has 1 amide bonds. The van der Waals surface area contributed by atoms with Gasteiger partial charge in [-0.1, -0.05) is 6.92 Å². The Bertz CT molecular complexity index is 1280. The van der Waals surface area contributed by atoms with Crippen molar-refractivity contribution in [3.05, 3.63) is 35.8 Å². The van der Waals surface area contributed by atoms with Crippen LogP contribution in [0, 0.1) is 28.5 Å². The summed E-state index contributed by atoms with van der Waals surface area (Å²) in [6.45, 7) is 3.78. The van der Waals surface area contributed by atoms with E-state index in [1.165, 1.54) is 29.3 Å². The summed E-state index contributed by atoms with van der Waals surface area (Å²) in [5.41, 5.74) is 1.17. The Hall–Kier alpha value is -3.77. The number of fused-ring (bicyclic) bond motifs is 1. The van der Waals surface area contributed by atoms with Gasteiger partial charge in [0.1, 0.15) is 17.2 Å². The van der Waals surface area contributed by atoms with Crippen molar-refractivity contribution in [2.45, 2.75) is 26.4 Å². The minimum atomic E-state index is -4.87. The van der Waals surface area contributed by atoms with Crippen LogP contribution in [0.25, 0.3) is 10.9 Å². The van der Waals surface area contributed by atoms with Gasteiger partial charge in [0.15, 0.2) is 0 Å². The first-order valence-corrected chi connectivity index (χ1v) is 12.2. The minimum absolute atomic E-state index is 0.0338. The lowest BCUT2D eigenvalue weighted by atomic mass is 9.85. The van der Waals surface area contributed by atoms with Gasteiger partial charge in [-0.2, -0.15) is 13.2 Å². The van der Waals surface area contributed by atoms with Crippen LogP contribution in [-0.2, 0) is 9.53 Å². The number of anilines is 1. The van der Waals surface area contributed by atoms with E-state index in [-0.39, 0.29) is 43.6 Å². The van der Waals surface area contributed by atoms with Crippen LogP contribution >= 0.6 is 0 Å². The fraction of sp³-hybridized carbons (Fsp3) is 0.480. The summed E-state index contributed by atoms with van der Waals surface area (Å²) in [4.78, 5) is 34.2. The number of amidine groups is 2. The topological polar surface area (TPSA) is 114 Å². The second-order valence-electron chi connectivity index (χ2n) is 9.43. The summed E-state index contributed by atoms with van der Waals surface area (Å²) in [6, 6.07) is 4.12. The highest BCUT2D eigenvalue weighted by Gasteiger charge is 2.43. The van der Waals surface area contributed by atoms with Crippen LogP contribution in [0.4, 0.5) is 23.2 Å². The highest BCUT2D eigenvalue weighted by Crippen LogP contribution is 2.36. The number of carbonyl (C=O) groups is 2. The van der Waals surface area contributed by atoms with Gasteiger partial charge in [-0.25, -0.2) is 9.18 Å². The third kappa shape index (κ3) is 5.27. The first-order chi connectivity index (χ1) is 17.9. The number of esters is 1. The molecule has 2 aliphatic heterocycles. The zero-order chi connectivity index (χ0) is 27.8. The summed E-state index contributed by atoms with van der Waals surface area (Å²) in [6.07, 6.45) is -3.09. The van der Waals surface area contributed by atoms with E-state index in [2.05, 4.69) is 4.98 Å². The first-order valence-electron chi connectivity index (χ1n) is 12.2. The summed E-state index contributed by atoms with van der Waals surface area (Å²) in [7, 11) is 0. The van der Waals surface area contributed by atoms with E-state index in [0.29, 0.717) is 41.0 Å². The molecule has 0 unspecified atom stereocenters. The van der Waals surface area contributed by atoms with Crippen molar-refractivity contribution in [1.29, 1.82) is 10.8 Å². The largest absolute Gasteiger partial charge is 0.462 e. The molecule has 38 heavy (non-hydrogen) atoms. The van der Waals surface area contributed by atoms with Crippen molar-refractivity contribution < 1.29 is 31.9 Å². The van der Waals surface area contributed by atoms with Crippen LogP contribution in [-0.4, -0.2) is 83.8 Å². The average molecular weight is 537 g/mol. The lowest BCUT2D eigenvalue weighted by Gasteiger charge is -2.42. The zero-order valence-corrected chi connectivity index (χ0v) is 20.9. The van der Waals surface area contributed by atoms with Crippen LogP contribution in [0.5, 0.6) is 0 Å². The first kappa shape index (κ1) is 27.3. The molecule has 2 N–H and O–H groups in total. The number of amides is 1. The number of aromatic nitrogens is 1. The van der Waals surface area contributed by atoms with Crippen LogP contribution in [0.3, 0.4) is 0 Å². The molecule has 0 spiro atoms. The van der Waals surface area contributed by atoms with E-state index in [4.69, 9.17) is 15.6 Å². The molecule has 2 atom stereocenters. The molecule has 0 saturated carbocycles. The Kier molecular flexibility index (Phi) is 7.56. The van der Waals surface area contributed by atoms with E-state index in [1.54, 1.807) is 6.92 Å². The molecule has 204 valence electrons. The van der Waals surface area contributed by atoms with Gasteiger partial charge in [0.25, 0.3) is 0 Å². The number of alkyl halides is 3. The number of nitrogens with zero attached hydrogens (tertiary/aromatic N) is 4. The summed E-state index contributed by atoms with van der Waals surface area (Å²) in [5, 5.41) is 15.7. The van der Waals surface area contributed by atoms with Gasteiger partial charge in [-0.05, 0) is 37.5 Å². The molecule has 1 aromatic heterocycles. The maximum atomic E-state index is 14.2. The normalized spacial score (nSPS) is 20.6. The number of benzene rings is 1. The number of rotatable bonds is 4. The van der Waals surface area contributed by atoms with Crippen LogP contribution < -0.4 is 4.90 Å². The van der Waals surface area contributed by atoms with Crippen LogP contribution in [0.15, 0.2) is 24.4 Å². The lowest BCUT2D eigenvalue weighted by Crippen LogP contribution is -2.58. The van der Waals surface area contributed by atoms with Gasteiger partial charge >= 0.3 is 12.1 Å². The van der Waals surface area contributed by atoms with Crippen LogP contribution in [0.1, 0.15) is 30.6 Å². The summed E-state index contributed by atoms with van der Waals surface area (Å²) >= 11 is 0. The van der Waals surface area contributed by atoms with E-state index < -0.39 is 35.6 Å². The Morgan fingerprint density at radius 1 is 1.21 bits per heavy atom. The molecule has 0 bridgehead atoms. The standard InChI is InChI=1S/C25H28F4N6O3/c1-3-38-23(37)18-11-32-19-5-4-15(26)10-17(19)21(18)33-7-6-16(14(2)12-33)22(36)34-8-9-35(20(30)13-34)24(31)25(27,28)29/h4-5,10-11,14,16,30-31H,3,6-9,12-13H2,1-2H3/t14-,16+/m1/s1. The van der Waals surface area contributed by atoms with Crippen molar-refractivity contribution in [1.82, 2.24) is 14.8 Å². The molecule has 9 nitrogen and oxygen atoms in total. The molecule has 2 saturated heterocycles. The van der Waals surface area contributed by atoms with Crippen molar-refractivity contribution in [2.75, 3.05) is 44.2 Å². The lowest BCUT2D eigenvalue weighted by molar-refractivity contribution is -0.137. The summed E-state index contributed by atoms with van der Waals surface area (Å²) in [5.74, 6) is -4.09. The SMILES string of the molecule is CCOC(=O)c1cnc2ccc(F)cc2c1N1CC[C@H](C(=O)N2CCN(C(=N)C(F)(F)F)C(=N)C2)[C@H](C)C1. The van der Waals surface area contributed by atoms with Crippen molar-refractivity contribution in [2.24, 2.45) is 11.8 Å². The van der Waals surface area contributed by atoms with E-state index in [9.17, 15) is 27.2 Å². The number of nitrogens with one attached hydrogen (secondary N) is 2. The highest BCUT2D eigenvalue weighted by molar-refractivity contribution is 6.05. The number of carbonyl (C=O) groups excluding carboxylic acids is 2. The number of piperidine rings is 1. The highest BCUT2D eigenvalue weighted by atomic mass is 19.4. The Balaban J connectivity index is 1.52. The molecule has 0 radical (unpaired) electrons. The second kappa shape index (κ2) is 10.5. The number of hydrogen-bond donors (Lipinski definition) is 2. The smallest absolute Gasteiger partial charge is 0.449 e.